The molecule has 0 aromatic carbocycles. The second-order valence-electron chi connectivity index (χ2n) is 8.50. The summed E-state index contributed by atoms with van der Waals surface area (Å²) in [5.74, 6) is -2.97. The highest BCUT2D eigenvalue weighted by Crippen LogP contribution is 2.45. The quantitative estimate of drug-likeness (QED) is 0.450. The summed E-state index contributed by atoms with van der Waals surface area (Å²) >= 11 is 0. The third-order valence-electron chi connectivity index (χ3n) is 5.93. The third kappa shape index (κ3) is 3.82. The SMILES string of the molecule is CO[C@@H]1O[C@@H](C)[C@H](O[C@]2(c3ccco3)O[C@H](CO)[C@@H](O)[C@H](O)[C@@H]2O)[C@H]2OC(C)(C)O[C@@H]12. The fourth-order valence-electron chi connectivity index (χ4n) is 4.45. The van der Waals surface area contributed by atoms with Crippen molar-refractivity contribution >= 4 is 0 Å². The standard InChI is InChI=1S/C20H30O11/c1-9-14(15-16(18(25-4)27-9)30-19(2,3)29-15)31-20(11-6-5-7-26-11)17(24)13(23)12(22)10(8-21)28-20/h5-7,9-10,12-18,21-24H,8H2,1-4H3/t9-,10+,12+,13-,14-,15+,16+,17-,18+,20-/m0/s1. The first-order valence-electron chi connectivity index (χ1n) is 10.2. The Balaban J connectivity index is 1.72. The van der Waals surface area contributed by atoms with E-state index in [1.165, 1.54) is 19.4 Å². The van der Waals surface area contributed by atoms with Crippen LogP contribution in [0, 0.1) is 0 Å². The van der Waals surface area contributed by atoms with Crippen molar-refractivity contribution in [3.63, 3.8) is 0 Å². The van der Waals surface area contributed by atoms with Gasteiger partial charge in [-0.15, -0.1) is 0 Å². The van der Waals surface area contributed by atoms with Gasteiger partial charge in [0.25, 0.3) is 5.79 Å². The molecule has 11 heteroatoms. The minimum Gasteiger partial charge on any atom is -0.463 e. The average molecular weight is 446 g/mol. The largest absolute Gasteiger partial charge is 0.463 e. The van der Waals surface area contributed by atoms with Crippen molar-refractivity contribution in [2.75, 3.05) is 13.7 Å². The molecule has 0 spiro atoms. The van der Waals surface area contributed by atoms with Crippen LogP contribution in [0.5, 0.6) is 0 Å². The van der Waals surface area contributed by atoms with Gasteiger partial charge < -0.3 is 53.3 Å². The molecule has 10 atom stereocenters. The molecule has 4 heterocycles. The molecule has 3 fully saturated rings. The lowest BCUT2D eigenvalue weighted by Crippen LogP contribution is -2.67. The van der Waals surface area contributed by atoms with E-state index in [0.29, 0.717) is 0 Å². The number of furan rings is 1. The van der Waals surface area contributed by atoms with Gasteiger partial charge in [-0.2, -0.15) is 0 Å². The Bertz CT molecular complexity index is 737. The van der Waals surface area contributed by atoms with Crippen molar-refractivity contribution in [1.82, 2.24) is 0 Å². The van der Waals surface area contributed by atoms with Gasteiger partial charge in [0.05, 0.1) is 19.0 Å². The summed E-state index contributed by atoms with van der Waals surface area (Å²) in [6.07, 6.45) is -8.37. The van der Waals surface area contributed by atoms with Crippen LogP contribution in [-0.4, -0.2) is 95.1 Å². The molecule has 31 heavy (non-hydrogen) atoms. The van der Waals surface area contributed by atoms with Gasteiger partial charge in [-0.25, -0.2) is 0 Å². The number of methoxy groups -OCH3 is 1. The molecule has 0 bridgehead atoms. The molecule has 0 unspecified atom stereocenters. The lowest BCUT2D eigenvalue weighted by Gasteiger charge is -2.50. The van der Waals surface area contributed by atoms with Gasteiger partial charge in [0.2, 0.25) is 0 Å². The van der Waals surface area contributed by atoms with Gasteiger partial charge >= 0.3 is 0 Å². The summed E-state index contributed by atoms with van der Waals surface area (Å²) in [6.45, 7) is 4.60. The van der Waals surface area contributed by atoms with Crippen LogP contribution in [0.15, 0.2) is 22.8 Å². The highest BCUT2D eigenvalue weighted by Gasteiger charge is 2.62. The fourth-order valence-corrected chi connectivity index (χ4v) is 4.45. The first-order chi connectivity index (χ1) is 14.6. The van der Waals surface area contributed by atoms with E-state index in [2.05, 4.69) is 0 Å². The van der Waals surface area contributed by atoms with Crippen LogP contribution in [0.25, 0.3) is 0 Å². The Kier molecular flexibility index (Phi) is 6.20. The first kappa shape index (κ1) is 23.1. The molecular formula is C20H30O11. The van der Waals surface area contributed by atoms with Gasteiger partial charge in [0, 0.05) is 7.11 Å². The van der Waals surface area contributed by atoms with Crippen molar-refractivity contribution in [2.24, 2.45) is 0 Å². The average Bonchev–Trinajstić information content (AvgIpc) is 3.37. The normalized spacial score (nSPS) is 47.3. The number of aliphatic hydroxyl groups is 4. The number of aliphatic hydroxyl groups excluding tert-OH is 4. The van der Waals surface area contributed by atoms with Gasteiger partial charge in [0.15, 0.2) is 17.8 Å². The van der Waals surface area contributed by atoms with E-state index in [9.17, 15) is 20.4 Å². The molecule has 1 aromatic rings. The predicted molar refractivity (Wildman–Crippen MR) is 100 cm³/mol. The molecule has 176 valence electrons. The Hall–Kier alpha value is -1.12. The van der Waals surface area contributed by atoms with E-state index < -0.39 is 73.3 Å². The number of rotatable bonds is 5. The van der Waals surface area contributed by atoms with Crippen LogP contribution < -0.4 is 0 Å². The lowest BCUT2D eigenvalue weighted by atomic mass is 9.90. The maximum Gasteiger partial charge on any atom is 0.258 e. The number of hydrogen-bond donors (Lipinski definition) is 4. The number of ether oxygens (including phenoxy) is 6. The van der Waals surface area contributed by atoms with Crippen LogP contribution in [0.2, 0.25) is 0 Å². The Morgan fingerprint density at radius 1 is 1.06 bits per heavy atom. The van der Waals surface area contributed by atoms with Crippen LogP contribution >= 0.6 is 0 Å². The van der Waals surface area contributed by atoms with Crippen molar-refractivity contribution in [3.8, 4) is 0 Å². The maximum absolute atomic E-state index is 11.0. The molecule has 0 amide bonds. The molecule has 4 rings (SSSR count). The van der Waals surface area contributed by atoms with E-state index in [-0.39, 0.29) is 5.76 Å². The molecule has 3 aliphatic rings. The van der Waals surface area contributed by atoms with Crippen LogP contribution in [0.4, 0.5) is 0 Å². The van der Waals surface area contributed by atoms with Gasteiger partial charge in [-0.1, -0.05) is 0 Å². The summed E-state index contributed by atoms with van der Waals surface area (Å²) in [7, 11) is 1.49. The smallest absolute Gasteiger partial charge is 0.258 e. The van der Waals surface area contributed by atoms with Crippen molar-refractivity contribution in [1.29, 1.82) is 0 Å². The molecule has 11 nitrogen and oxygen atoms in total. The number of fused-ring (bicyclic) bond motifs is 1. The third-order valence-corrected chi connectivity index (χ3v) is 5.93. The minimum absolute atomic E-state index is 0.0418. The maximum atomic E-state index is 11.0. The molecule has 0 saturated carbocycles. The van der Waals surface area contributed by atoms with Gasteiger partial charge in [0.1, 0.15) is 42.7 Å². The van der Waals surface area contributed by atoms with Crippen LogP contribution in [-0.2, 0) is 34.2 Å². The summed E-state index contributed by atoms with van der Waals surface area (Å²) in [5, 5.41) is 41.4. The summed E-state index contributed by atoms with van der Waals surface area (Å²) in [5.41, 5.74) is 0. The highest BCUT2D eigenvalue weighted by molar-refractivity contribution is 5.14. The topological polar surface area (TPSA) is 149 Å². The molecular weight excluding hydrogens is 416 g/mol. The Morgan fingerprint density at radius 2 is 1.77 bits per heavy atom. The van der Waals surface area contributed by atoms with Crippen molar-refractivity contribution in [2.45, 2.75) is 87.5 Å². The van der Waals surface area contributed by atoms with E-state index in [4.69, 9.17) is 32.8 Å². The molecule has 0 radical (unpaired) electrons. The second-order valence-corrected chi connectivity index (χ2v) is 8.50. The summed E-state index contributed by atoms with van der Waals surface area (Å²) in [4.78, 5) is 0. The van der Waals surface area contributed by atoms with E-state index in [0.717, 1.165) is 0 Å². The molecule has 3 saturated heterocycles. The van der Waals surface area contributed by atoms with Crippen molar-refractivity contribution in [3.05, 3.63) is 24.2 Å². The van der Waals surface area contributed by atoms with Crippen LogP contribution in [0.3, 0.4) is 0 Å². The van der Waals surface area contributed by atoms with E-state index in [1.54, 1.807) is 26.8 Å². The molecule has 3 aliphatic heterocycles. The van der Waals surface area contributed by atoms with Gasteiger partial charge in [-0.05, 0) is 32.9 Å². The zero-order valence-electron chi connectivity index (χ0n) is 17.8. The van der Waals surface area contributed by atoms with E-state index in [1.807, 2.05) is 0 Å². The molecule has 1 aromatic heterocycles. The predicted octanol–water partition coefficient (Wildman–Crippen LogP) is -0.797. The van der Waals surface area contributed by atoms with Crippen molar-refractivity contribution < 1.29 is 53.3 Å². The summed E-state index contributed by atoms with van der Waals surface area (Å²) in [6, 6.07) is 3.06. The summed E-state index contributed by atoms with van der Waals surface area (Å²) < 4.78 is 41.0. The van der Waals surface area contributed by atoms with Gasteiger partial charge in [-0.3, -0.25) is 0 Å². The molecule has 0 aliphatic carbocycles. The Morgan fingerprint density at radius 3 is 2.39 bits per heavy atom. The monoisotopic (exact) mass is 446 g/mol. The number of hydrogen-bond acceptors (Lipinski definition) is 11. The fraction of sp³-hybridized carbons (Fsp3) is 0.800. The highest BCUT2D eigenvalue weighted by atomic mass is 16.8. The van der Waals surface area contributed by atoms with Crippen LogP contribution in [0.1, 0.15) is 26.5 Å². The lowest BCUT2D eigenvalue weighted by molar-refractivity contribution is -0.409. The zero-order valence-corrected chi connectivity index (χ0v) is 17.8. The Labute approximate surface area is 179 Å². The first-order valence-corrected chi connectivity index (χ1v) is 10.2. The molecule has 4 N–H and O–H groups in total. The second kappa shape index (κ2) is 8.34. The van der Waals surface area contributed by atoms with E-state index >= 15 is 0 Å². The minimum atomic E-state index is -2.06. The zero-order chi connectivity index (χ0) is 22.6.